The van der Waals surface area contributed by atoms with Crippen LogP contribution in [-0.4, -0.2) is 23.3 Å². The Labute approximate surface area is 137 Å². The highest BCUT2D eigenvalue weighted by atomic mass is 79.9. The van der Waals surface area contributed by atoms with Crippen LogP contribution in [0.15, 0.2) is 35.3 Å². The Kier molecular flexibility index (Phi) is 3.95. The van der Waals surface area contributed by atoms with Gasteiger partial charge in [-0.2, -0.15) is 0 Å². The molecule has 4 nitrogen and oxygen atoms in total. The first-order chi connectivity index (χ1) is 10.5. The molecule has 1 aromatic carbocycles. The lowest BCUT2D eigenvalue weighted by molar-refractivity contribution is -0.152. The first-order valence-electron chi connectivity index (χ1n) is 7.48. The number of halogens is 1. The summed E-state index contributed by atoms with van der Waals surface area (Å²) in [5.74, 6) is -1.09. The fraction of sp³-hybridized carbons (Fsp3) is 0.412. The van der Waals surface area contributed by atoms with Gasteiger partial charge in [0.2, 0.25) is 0 Å². The predicted octanol–water partition coefficient (Wildman–Crippen LogP) is 2.93. The predicted molar refractivity (Wildman–Crippen MR) is 87.6 cm³/mol. The number of hydrogen-bond donors (Lipinski definition) is 1. The van der Waals surface area contributed by atoms with E-state index < -0.39 is 17.4 Å². The molecule has 0 saturated heterocycles. The van der Waals surface area contributed by atoms with Gasteiger partial charge in [0, 0.05) is 23.0 Å². The maximum Gasteiger partial charge on any atom is 0.264 e. The van der Waals surface area contributed by atoms with Crippen molar-refractivity contribution in [2.24, 2.45) is 5.92 Å². The molecule has 0 spiro atoms. The second-order valence-electron chi connectivity index (χ2n) is 5.90. The summed E-state index contributed by atoms with van der Waals surface area (Å²) in [6.45, 7) is 3.99. The minimum atomic E-state index is -1.75. The zero-order chi connectivity index (χ0) is 15.9. The van der Waals surface area contributed by atoms with Crippen LogP contribution in [0, 0.1) is 5.92 Å². The van der Waals surface area contributed by atoms with Crippen molar-refractivity contribution in [2.75, 3.05) is 11.4 Å². The molecule has 2 aliphatic rings. The molecule has 5 heteroatoms. The van der Waals surface area contributed by atoms with Crippen LogP contribution in [0.5, 0.6) is 0 Å². The molecule has 1 heterocycles. The van der Waals surface area contributed by atoms with E-state index in [-0.39, 0.29) is 5.78 Å². The van der Waals surface area contributed by atoms with Gasteiger partial charge in [0.15, 0.2) is 5.60 Å². The van der Waals surface area contributed by atoms with Crippen LogP contribution in [0.25, 0.3) is 0 Å². The number of nitrogens with zero attached hydrogens (tertiary/aromatic N) is 1. The Morgan fingerprint density at radius 1 is 1.41 bits per heavy atom. The number of aliphatic hydroxyl groups is 1. The van der Waals surface area contributed by atoms with Gasteiger partial charge in [0.1, 0.15) is 5.78 Å². The summed E-state index contributed by atoms with van der Waals surface area (Å²) in [6, 6.07) is 5.38. The highest BCUT2D eigenvalue weighted by Crippen LogP contribution is 2.48. The second kappa shape index (κ2) is 5.63. The Bertz CT molecular complexity index is 657. The number of hydrogen-bond acceptors (Lipinski definition) is 3. The molecular formula is C17H18BrNO3. The SMILES string of the molecule is C=CCN1C(=O)[C@@](O)(C2CCCCC2=O)c2cc(Br)ccc21. The number of amides is 1. The van der Waals surface area contributed by atoms with Gasteiger partial charge in [-0.15, -0.1) is 6.58 Å². The summed E-state index contributed by atoms with van der Waals surface area (Å²) in [7, 11) is 0. The number of ketones is 1. The van der Waals surface area contributed by atoms with Crippen LogP contribution in [0.1, 0.15) is 31.2 Å². The molecule has 0 bridgehead atoms. The molecule has 3 rings (SSSR count). The third-order valence-corrected chi connectivity index (χ3v) is 5.10. The van der Waals surface area contributed by atoms with Crippen molar-refractivity contribution in [3.05, 3.63) is 40.9 Å². The summed E-state index contributed by atoms with van der Waals surface area (Å²) in [5, 5.41) is 11.3. The van der Waals surface area contributed by atoms with Crippen molar-refractivity contribution >= 4 is 33.3 Å². The third-order valence-electron chi connectivity index (χ3n) is 4.60. The molecule has 22 heavy (non-hydrogen) atoms. The second-order valence-corrected chi connectivity index (χ2v) is 6.81. The monoisotopic (exact) mass is 363 g/mol. The molecule has 1 N–H and O–H groups in total. The van der Waals surface area contributed by atoms with Gasteiger partial charge in [-0.25, -0.2) is 0 Å². The zero-order valence-corrected chi connectivity index (χ0v) is 13.8. The Balaban J connectivity index is 2.14. The van der Waals surface area contributed by atoms with Gasteiger partial charge in [-0.1, -0.05) is 28.4 Å². The number of rotatable bonds is 3. The van der Waals surface area contributed by atoms with Crippen LogP contribution < -0.4 is 4.90 Å². The van der Waals surface area contributed by atoms with E-state index in [9.17, 15) is 14.7 Å². The third kappa shape index (κ3) is 2.15. The van der Waals surface area contributed by atoms with E-state index in [1.54, 1.807) is 18.2 Å². The van der Waals surface area contributed by atoms with Gasteiger partial charge < -0.3 is 10.0 Å². The molecular weight excluding hydrogens is 346 g/mol. The lowest BCUT2D eigenvalue weighted by Crippen LogP contribution is -2.49. The number of Topliss-reactive ketones (excluding diaryl/α,β-unsaturated/α-hetero) is 1. The molecule has 0 radical (unpaired) electrons. The minimum Gasteiger partial charge on any atom is -0.375 e. The number of anilines is 1. The Morgan fingerprint density at radius 2 is 2.18 bits per heavy atom. The van der Waals surface area contributed by atoms with E-state index in [1.807, 2.05) is 6.07 Å². The van der Waals surface area contributed by atoms with Crippen LogP contribution in [-0.2, 0) is 15.2 Å². The van der Waals surface area contributed by atoms with Crippen LogP contribution in [0.4, 0.5) is 5.69 Å². The maximum absolute atomic E-state index is 12.9. The molecule has 2 atom stereocenters. The van der Waals surface area contributed by atoms with E-state index in [1.165, 1.54) is 4.90 Å². The largest absolute Gasteiger partial charge is 0.375 e. The fourth-order valence-corrected chi connectivity index (χ4v) is 3.91. The van der Waals surface area contributed by atoms with Crippen molar-refractivity contribution in [3.8, 4) is 0 Å². The summed E-state index contributed by atoms with van der Waals surface area (Å²) in [6.07, 6.45) is 4.30. The summed E-state index contributed by atoms with van der Waals surface area (Å²) in [5.41, 5.74) is -0.567. The molecule has 1 aliphatic heterocycles. The van der Waals surface area contributed by atoms with Crippen LogP contribution in [0.2, 0.25) is 0 Å². The topological polar surface area (TPSA) is 57.6 Å². The smallest absolute Gasteiger partial charge is 0.264 e. The van der Waals surface area contributed by atoms with E-state index >= 15 is 0 Å². The molecule has 1 saturated carbocycles. The van der Waals surface area contributed by atoms with Crippen molar-refractivity contribution in [1.82, 2.24) is 0 Å². The quantitative estimate of drug-likeness (QED) is 0.839. The summed E-state index contributed by atoms with van der Waals surface area (Å²) < 4.78 is 0.779. The van der Waals surface area contributed by atoms with E-state index in [0.29, 0.717) is 30.6 Å². The summed E-state index contributed by atoms with van der Waals surface area (Å²) >= 11 is 3.39. The van der Waals surface area contributed by atoms with Gasteiger partial charge in [0.05, 0.1) is 11.6 Å². The highest BCUT2D eigenvalue weighted by Gasteiger charge is 2.56. The molecule has 1 amide bonds. The molecule has 1 aliphatic carbocycles. The average Bonchev–Trinajstić information content (AvgIpc) is 2.71. The zero-order valence-electron chi connectivity index (χ0n) is 12.2. The number of carbonyl (C=O) groups excluding carboxylic acids is 2. The fourth-order valence-electron chi connectivity index (χ4n) is 3.55. The number of benzene rings is 1. The molecule has 1 unspecified atom stereocenters. The Hall–Kier alpha value is -1.46. The van der Waals surface area contributed by atoms with Gasteiger partial charge >= 0.3 is 0 Å². The maximum atomic E-state index is 12.9. The number of carbonyl (C=O) groups is 2. The normalized spacial score (nSPS) is 27.9. The van der Waals surface area contributed by atoms with Crippen molar-refractivity contribution in [3.63, 3.8) is 0 Å². The van der Waals surface area contributed by atoms with Gasteiger partial charge in [0.25, 0.3) is 5.91 Å². The van der Waals surface area contributed by atoms with Crippen molar-refractivity contribution < 1.29 is 14.7 Å². The van der Waals surface area contributed by atoms with Crippen molar-refractivity contribution in [1.29, 1.82) is 0 Å². The lowest BCUT2D eigenvalue weighted by atomic mass is 9.73. The molecule has 1 aromatic rings. The first-order valence-corrected chi connectivity index (χ1v) is 8.27. The van der Waals surface area contributed by atoms with E-state index in [4.69, 9.17) is 0 Å². The van der Waals surface area contributed by atoms with Crippen LogP contribution in [0.3, 0.4) is 0 Å². The van der Waals surface area contributed by atoms with Crippen molar-refractivity contribution in [2.45, 2.75) is 31.3 Å². The van der Waals surface area contributed by atoms with E-state index in [2.05, 4.69) is 22.5 Å². The Morgan fingerprint density at radius 3 is 2.86 bits per heavy atom. The standard InChI is InChI=1S/C17H18BrNO3/c1-2-9-19-14-8-7-11(18)10-13(14)17(22,16(19)21)12-5-3-4-6-15(12)20/h2,7-8,10,12,22H,1,3-6,9H2/t12?,17-/m1/s1. The van der Waals surface area contributed by atoms with Crippen LogP contribution >= 0.6 is 15.9 Å². The highest BCUT2D eigenvalue weighted by molar-refractivity contribution is 9.10. The summed E-state index contributed by atoms with van der Waals surface area (Å²) in [4.78, 5) is 26.7. The van der Waals surface area contributed by atoms with E-state index in [0.717, 1.165) is 17.3 Å². The first kappa shape index (κ1) is 15.4. The van der Waals surface area contributed by atoms with Gasteiger partial charge in [-0.05, 0) is 31.0 Å². The molecule has 1 fully saturated rings. The van der Waals surface area contributed by atoms with Gasteiger partial charge in [-0.3, -0.25) is 9.59 Å². The molecule has 0 aromatic heterocycles. The minimum absolute atomic E-state index is 0.0199. The average molecular weight is 364 g/mol. The lowest BCUT2D eigenvalue weighted by Gasteiger charge is -2.33. The molecule has 116 valence electrons. The number of fused-ring (bicyclic) bond motifs is 1.